The molecular formula is C10H6BrCl2NO2S. The number of aromatic nitrogens is 1. The van der Waals surface area contributed by atoms with Gasteiger partial charge < -0.3 is 9.84 Å². The molecule has 0 atom stereocenters. The number of hydrogen-bond acceptors (Lipinski definition) is 4. The quantitative estimate of drug-likeness (QED) is 0.882. The van der Waals surface area contributed by atoms with Gasteiger partial charge >= 0.3 is 0 Å². The molecule has 3 nitrogen and oxygen atoms in total. The summed E-state index contributed by atoms with van der Waals surface area (Å²) in [6.45, 7) is -0.151. The number of rotatable bonds is 3. The average molecular weight is 355 g/mol. The van der Waals surface area contributed by atoms with Crippen LogP contribution in [0.25, 0.3) is 0 Å². The Morgan fingerprint density at radius 3 is 2.76 bits per heavy atom. The molecule has 90 valence electrons. The highest BCUT2D eigenvalue weighted by atomic mass is 79.9. The Balaban J connectivity index is 2.25. The molecule has 0 amide bonds. The summed E-state index contributed by atoms with van der Waals surface area (Å²) in [5.41, 5.74) is 0. The van der Waals surface area contributed by atoms with E-state index in [-0.39, 0.29) is 11.8 Å². The van der Waals surface area contributed by atoms with E-state index in [1.54, 1.807) is 18.2 Å². The molecule has 1 aromatic carbocycles. The van der Waals surface area contributed by atoms with Crippen molar-refractivity contribution in [3.05, 3.63) is 37.7 Å². The Bertz CT molecular complexity index is 547. The minimum absolute atomic E-state index is 0.151. The molecule has 1 N–H and O–H groups in total. The van der Waals surface area contributed by atoms with Crippen molar-refractivity contribution < 1.29 is 9.84 Å². The maximum atomic E-state index is 8.99. The van der Waals surface area contributed by atoms with Crippen molar-refractivity contribution in [1.82, 2.24) is 4.98 Å². The average Bonchev–Trinajstić information content (AvgIpc) is 2.63. The Kier molecular flexibility index (Phi) is 4.27. The molecule has 0 bridgehead atoms. The number of benzene rings is 1. The van der Waals surface area contributed by atoms with Crippen LogP contribution in [0.3, 0.4) is 0 Å². The van der Waals surface area contributed by atoms with Crippen molar-refractivity contribution in [1.29, 1.82) is 0 Å². The highest BCUT2D eigenvalue weighted by Gasteiger charge is 2.11. The maximum Gasteiger partial charge on any atom is 0.280 e. The van der Waals surface area contributed by atoms with Gasteiger partial charge in [0, 0.05) is 5.02 Å². The lowest BCUT2D eigenvalue weighted by molar-refractivity contribution is 0.285. The van der Waals surface area contributed by atoms with Crippen LogP contribution in [0.4, 0.5) is 0 Å². The fraction of sp³-hybridized carbons (Fsp3) is 0.100. The molecule has 7 heteroatoms. The van der Waals surface area contributed by atoms with Gasteiger partial charge in [0.05, 0.1) is 16.0 Å². The molecule has 2 aromatic rings. The maximum absolute atomic E-state index is 8.99. The fourth-order valence-electron chi connectivity index (χ4n) is 1.11. The number of thiazole rings is 1. The van der Waals surface area contributed by atoms with Gasteiger partial charge in [-0.05, 0) is 34.1 Å². The molecule has 0 unspecified atom stereocenters. The summed E-state index contributed by atoms with van der Waals surface area (Å²) in [5.74, 6) is 0.587. The SMILES string of the molecule is OCc1sc(Oc2ccc(Cl)cc2Br)nc1Cl. The van der Waals surface area contributed by atoms with E-state index >= 15 is 0 Å². The number of hydrogen-bond donors (Lipinski definition) is 1. The summed E-state index contributed by atoms with van der Waals surface area (Å²) in [5, 5.41) is 10.2. The van der Waals surface area contributed by atoms with E-state index in [2.05, 4.69) is 20.9 Å². The molecule has 0 radical (unpaired) electrons. The standard InChI is InChI=1S/C10H6BrCl2NO2S/c11-6-3-5(12)1-2-7(6)16-10-14-9(13)8(4-15)17-10/h1-3,15H,4H2. The Morgan fingerprint density at radius 2 is 2.18 bits per heavy atom. The molecule has 0 aliphatic carbocycles. The third-order valence-electron chi connectivity index (χ3n) is 1.86. The van der Waals surface area contributed by atoms with Crippen LogP contribution >= 0.6 is 50.5 Å². The van der Waals surface area contributed by atoms with Crippen molar-refractivity contribution in [2.45, 2.75) is 6.61 Å². The summed E-state index contributed by atoms with van der Waals surface area (Å²) in [6, 6.07) is 5.16. The smallest absolute Gasteiger partial charge is 0.280 e. The summed E-state index contributed by atoms with van der Waals surface area (Å²) < 4.78 is 6.26. The van der Waals surface area contributed by atoms with E-state index in [0.717, 1.165) is 4.47 Å². The van der Waals surface area contributed by atoms with E-state index in [1.165, 1.54) is 11.3 Å². The van der Waals surface area contributed by atoms with E-state index in [1.807, 2.05) is 0 Å². The Hall–Kier alpha value is -0.330. The van der Waals surface area contributed by atoms with Crippen molar-refractivity contribution in [3.63, 3.8) is 0 Å². The minimum Gasteiger partial charge on any atom is -0.430 e. The van der Waals surface area contributed by atoms with E-state index < -0.39 is 0 Å². The first-order chi connectivity index (χ1) is 8.10. The van der Waals surface area contributed by atoms with Crippen LogP contribution in [-0.2, 0) is 6.61 Å². The number of halogens is 3. The second-order valence-electron chi connectivity index (χ2n) is 3.03. The van der Waals surface area contributed by atoms with Crippen molar-refractivity contribution in [2.75, 3.05) is 0 Å². The third kappa shape index (κ3) is 3.11. The van der Waals surface area contributed by atoms with Crippen LogP contribution < -0.4 is 4.74 Å². The molecule has 0 aliphatic heterocycles. The number of ether oxygens (including phenoxy) is 1. The topological polar surface area (TPSA) is 42.4 Å². The Morgan fingerprint density at radius 1 is 1.41 bits per heavy atom. The van der Waals surface area contributed by atoms with Gasteiger partial charge in [-0.3, -0.25) is 0 Å². The monoisotopic (exact) mass is 353 g/mol. The largest absolute Gasteiger partial charge is 0.430 e. The zero-order valence-electron chi connectivity index (χ0n) is 8.28. The van der Waals surface area contributed by atoms with E-state index in [0.29, 0.717) is 20.8 Å². The van der Waals surface area contributed by atoms with Gasteiger partial charge in [0.15, 0.2) is 0 Å². The van der Waals surface area contributed by atoms with Crippen LogP contribution in [0, 0.1) is 0 Å². The predicted molar refractivity (Wildman–Crippen MR) is 72.3 cm³/mol. The third-order valence-corrected chi connectivity index (χ3v) is 4.06. The Labute approximate surface area is 120 Å². The fourth-order valence-corrected chi connectivity index (χ4v) is 2.85. The molecule has 0 aliphatic rings. The first kappa shape index (κ1) is 13.1. The van der Waals surface area contributed by atoms with Crippen LogP contribution in [0.1, 0.15) is 4.88 Å². The number of nitrogens with zero attached hydrogens (tertiary/aromatic N) is 1. The van der Waals surface area contributed by atoms with E-state index in [4.69, 9.17) is 33.0 Å². The number of aliphatic hydroxyl groups excluding tert-OH is 1. The van der Waals surface area contributed by atoms with E-state index in [9.17, 15) is 0 Å². The van der Waals surface area contributed by atoms with Crippen LogP contribution in [0.2, 0.25) is 10.2 Å². The minimum atomic E-state index is -0.151. The lowest BCUT2D eigenvalue weighted by Gasteiger charge is -2.03. The second kappa shape index (κ2) is 5.54. The van der Waals surface area contributed by atoms with Gasteiger partial charge in [-0.25, -0.2) is 0 Å². The zero-order chi connectivity index (χ0) is 12.4. The molecule has 0 saturated heterocycles. The van der Waals surface area contributed by atoms with Gasteiger partial charge in [-0.1, -0.05) is 34.5 Å². The van der Waals surface area contributed by atoms with Crippen molar-refractivity contribution in [2.24, 2.45) is 0 Å². The van der Waals surface area contributed by atoms with Gasteiger partial charge in [0.25, 0.3) is 5.19 Å². The highest BCUT2D eigenvalue weighted by molar-refractivity contribution is 9.10. The van der Waals surface area contributed by atoms with Gasteiger partial charge in [0.1, 0.15) is 10.9 Å². The molecule has 1 heterocycles. The molecule has 2 rings (SSSR count). The molecule has 0 fully saturated rings. The lowest BCUT2D eigenvalue weighted by atomic mass is 10.3. The summed E-state index contributed by atoms with van der Waals surface area (Å²) in [4.78, 5) is 4.56. The summed E-state index contributed by atoms with van der Waals surface area (Å²) in [7, 11) is 0. The van der Waals surface area contributed by atoms with Crippen LogP contribution in [0.5, 0.6) is 10.9 Å². The van der Waals surface area contributed by atoms with Crippen molar-refractivity contribution in [3.8, 4) is 10.9 Å². The van der Waals surface area contributed by atoms with Gasteiger partial charge in [-0.15, -0.1) is 0 Å². The summed E-state index contributed by atoms with van der Waals surface area (Å²) >= 11 is 16.2. The van der Waals surface area contributed by atoms with Crippen LogP contribution in [0.15, 0.2) is 22.7 Å². The van der Waals surface area contributed by atoms with Crippen LogP contribution in [-0.4, -0.2) is 10.1 Å². The summed E-state index contributed by atoms with van der Waals surface area (Å²) in [6.07, 6.45) is 0. The first-order valence-electron chi connectivity index (χ1n) is 4.49. The predicted octanol–water partition coefficient (Wildman–Crippen LogP) is 4.50. The van der Waals surface area contributed by atoms with Gasteiger partial charge in [-0.2, -0.15) is 4.98 Å². The highest BCUT2D eigenvalue weighted by Crippen LogP contribution is 2.36. The number of aliphatic hydroxyl groups is 1. The first-order valence-corrected chi connectivity index (χ1v) is 6.85. The zero-order valence-corrected chi connectivity index (χ0v) is 12.2. The molecule has 17 heavy (non-hydrogen) atoms. The molecule has 0 saturated carbocycles. The second-order valence-corrected chi connectivity index (χ2v) is 5.72. The van der Waals surface area contributed by atoms with Gasteiger partial charge in [0.2, 0.25) is 0 Å². The van der Waals surface area contributed by atoms with Crippen molar-refractivity contribution >= 4 is 50.5 Å². The molecule has 0 spiro atoms. The normalized spacial score (nSPS) is 10.6. The molecular weight excluding hydrogens is 349 g/mol. The lowest BCUT2D eigenvalue weighted by Crippen LogP contribution is -1.84. The molecule has 1 aromatic heterocycles.